The zero-order chi connectivity index (χ0) is 17.1. The summed E-state index contributed by atoms with van der Waals surface area (Å²) in [5.74, 6) is 1.76. The highest BCUT2D eigenvalue weighted by Crippen LogP contribution is 2.24. The van der Waals surface area contributed by atoms with Crippen LogP contribution in [0, 0.1) is 0 Å². The van der Waals surface area contributed by atoms with Gasteiger partial charge in [0.1, 0.15) is 11.6 Å². The summed E-state index contributed by atoms with van der Waals surface area (Å²) in [5.41, 5.74) is 4.14. The minimum Gasteiger partial charge on any atom is -0.497 e. The number of aromatic nitrogens is 3. The van der Waals surface area contributed by atoms with Gasteiger partial charge < -0.3 is 10.1 Å². The number of methoxy groups -OCH3 is 1. The van der Waals surface area contributed by atoms with Crippen LogP contribution in [0.4, 0.5) is 5.82 Å². The Morgan fingerprint density at radius 3 is 2.56 bits per heavy atom. The van der Waals surface area contributed by atoms with Crippen LogP contribution >= 0.6 is 0 Å². The van der Waals surface area contributed by atoms with Gasteiger partial charge in [0.25, 0.3) is 0 Å². The Morgan fingerprint density at radius 1 is 1.00 bits per heavy atom. The highest BCUT2D eigenvalue weighted by atomic mass is 16.5. The predicted octanol–water partition coefficient (Wildman–Crippen LogP) is 4.02. The van der Waals surface area contributed by atoms with Crippen molar-refractivity contribution in [2.75, 3.05) is 12.4 Å². The van der Waals surface area contributed by atoms with Crippen molar-refractivity contribution < 1.29 is 4.74 Å². The van der Waals surface area contributed by atoms with Gasteiger partial charge in [-0.15, -0.1) is 0 Å². The van der Waals surface area contributed by atoms with Crippen LogP contribution in [-0.2, 0) is 6.54 Å². The van der Waals surface area contributed by atoms with Crippen molar-refractivity contribution in [2.24, 2.45) is 0 Å². The highest BCUT2D eigenvalue weighted by Gasteiger charge is 2.10. The molecule has 4 rings (SSSR count). The second-order valence-electron chi connectivity index (χ2n) is 5.69. The van der Waals surface area contributed by atoms with Crippen LogP contribution in [0.15, 0.2) is 73.1 Å². The number of ether oxygens (including phenoxy) is 1. The van der Waals surface area contributed by atoms with Gasteiger partial charge in [-0.3, -0.25) is 0 Å². The molecule has 0 radical (unpaired) electrons. The lowest BCUT2D eigenvalue weighted by Gasteiger charge is -2.09. The topological polar surface area (TPSA) is 51.5 Å². The lowest BCUT2D eigenvalue weighted by molar-refractivity contribution is 0.414. The number of hydrogen-bond donors (Lipinski definition) is 1. The maximum atomic E-state index is 5.19. The molecule has 0 aliphatic rings. The van der Waals surface area contributed by atoms with E-state index in [1.165, 1.54) is 5.56 Å². The van der Waals surface area contributed by atoms with Crippen LogP contribution in [0.5, 0.6) is 5.75 Å². The lowest BCUT2D eigenvalue weighted by Crippen LogP contribution is -2.05. The average Bonchev–Trinajstić information content (AvgIpc) is 3.12. The van der Waals surface area contributed by atoms with Crippen LogP contribution in [0.2, 0.25) is 0 Å². The van der Waals surface area contributed by atoms with Crippen LogP contribution < -0.4 is 10.1 Å². The van der Waals surface area contributed by atoms with E-state index in [9.17, 15) is 0 Å². The van der Waals surface area contributed by atoms with E-state index < -0.39 is 0 Å². The molecule has 5 heteroatoms. The van der Waals surface area contributed by atoms with Crippen molar-refractivity contribution in [3.05, 3.63) is 78.6 Å². The summed E-state index contributed by atoms with van der Waals surface area (Å²) < 4.78 is 7.03. The molecule has 0 unspecified atom stereocenters. The van der Waals surface area contributed by atoms with Crippen molar-refractivity contribution in [3.8, 4) is 16.9 Å². The molecule has 0 saturated heterocycles. The van der Waals surface area contributed by atoms with Crippen molar-refractivity contribution in [1.29, 1.82) is 0 Å². The first kappa shape index (κ1) is 15.2. The molecule has 0 aliphatic carbocycles. The molecule has 0 bridgehead atoms. The van der Waals surface area contributed by atoms with E-state index in [0.717, 1.165) is 28.3 Å². The van der Waals surface area contributed by atoms with Gasteiger partial charge in [0, 0.05) is 18.3 Å². The molecule has 0 saturated carbocycles. The molecule has 0 aliphatic heterocycles. The summed E-state index contributed by atoms with van der Waals surface area (Å²) in [7, 11) is 1.67. The van der Waals surface area contributed by atoms with E-state index in [1.807, 2.05) is 59.2 Å². The fraction of sp³-hybridized carbons (Fsp3) is 0.100. The summed E-state index contributed by atoms with van der Waals surface area (Å²) in [5, 5.41) is 7.93. The van der Waals surface area contributed by atoms with Gasteiger partial charge in [-0.25, -0.2) is 4.98 Å². The third kappa shape index (κ3) is 3.04. The summed E-state index contributed by atoms with van der Waals surface area (Å²) in [6, 6.07) is 20.1. The first-order chi connectivity index (χ1) is 12.3. The Bertz CT molecular complexity index is 978. The molecule has 1 N–H and O–H groups in total. The number of benzene rings is 2. The fourth-order valence-electron chi connectivity index (χ4n) is 2.78. The Hall–Kier alpha value is -3.34. The molecule has 0 fully saturated rings. The Kier molecular flexibility index (Phi) is 4.04. The minimum atomic E-state index is 0.698. The smallest absolute Gasteiger partial charge is 0.165 e. The zero-order valence-corrected chi connectivity index (χ0v) is 13.9. The molecule has 124 valence electrons. The molecule has 5 nitrogen and oxygen atoms in total. The number of rotatable bonds is 5. The second kappa shape index (κ2) is 6.65. The van der Waals surface area contributed by atoms with E-state index >= 15 is 0 Å². The molecule has 25 heavy (non-hydrogen) atoms. The third-order valence-corrected chi connectivity index (χ3v) is 4.12. The number of nitrogens with zero attached hydrogens (tertiary/aromatic N) is 3. The summed E-state index contributed by atoms with van der Waals surface area (Å²) in [4.78, 5) is 4.50. The largest absolute Gasteiger partial charge is 0.497 e. The van der Waals surface area contributed by atoms with Gasteiger partial charge in [-0.05, 0) is 29.3 Å². The number of hydrogen-bond acceptors (Lipinski definition) is 4. The summed E-state index contributed by atoms with van der Waals surface area (Å²) in [6.07, 6.45) is 3.66. The standard InChI is InChI=1S/C20H18N4O/c1-25-17-9-7-15(8-10-17)13-22-19-11-12-21-20-18(14-23-24(19)20)16-5-3-2-4-6-16/h2-12,14,22H,13H2,1H3. The van der Waals surface area contributed by atoms with Gasteiger partial charge in [0.15, 0.2) is 5.65 Å². The highest BCUT2D eigenvalue weighted by molar-refractivity contribution is 5.77. The molecular weight excluding hydrogens is 312 g/mol. The molecule has 2 aromatic heterocycles. The first-order valence-corrected chi connectivity index (χ1v) is 8.10. The van der Waals surface area contributed by atoms with Gasteiger partial charge in [-0.2, -0.15) is 9.61 Å². The molecular formula is C20H18N4O. The summed E-state index contributed by atoms with van der Waals surface area (Å²) >= 11 is 0. The van der Waals surface area contributed by atoms with E-state index in [-0.39, 0.29) is 0 Å². The van der Waals surface area contributed by atoms with Gasteiger partial charge in [-0.1, -0.05) is 42.5 Å². The zero-order valence-electron chi connectivity index (χ0n) is 13.9. The quantitative estimate of drug-likeness (QED) is 0.600. The molecule has 2 aromatic carbocycles. The van der Waals surface area contributed by atoms with Crippen LogP contribution in [0.1, 0.15) is 5.56 Å². The van der Waals surface area contributed by atoms with Gasteiger partial charge in [0.05, 0.1) is 13.3 Å². The maximum Gasteiger partial charge on any atom is 0.165 e. The Morgan fingerprint density at radius 2 is 1.80 bits per heavy atom. The normalized spacial score (nSPS) is 10.8. The Labute approximate surface area is 145 Å². The molecule has 0 amide bonds. The van der Waals surface area contributed by atoms with Gasteiger partial charge >= 0.3 is 0 Å². The molecule has 0 atom stereocenters. The average molecular weight is 330 g/mol. The molecule has 2 heterocycles. The van der Waals surface area contributed by atoms with Crippen LogP contribution in [0.25, 0.3) is 16.8 Å². The molecule has 0 spiro atoms. The first-order valence-electron chi connectivity index (χ1n) is 8.10. The predicted molar refractivity (Wildman–Crippen MR) is 98.7 cm³/mol. The fourth-order valence-corrected chi connectivity index (χ4v) is 2.78. The van der Waals surface area contributed by atoms with Crippen molar-refractivity contribution in [1.82, 2.24) is 14.6 Å². The van der Waals surface area contributed by atoms with E-state index in [2.05, 4.69) is 27.5 Å². The van der Waals surface area contributed by atoms with Crippen LogP contribution in [0.3, 0.4) is 0 Å². The van der Waals surface area contributed by atoms with Gasteiger partial charge in [0.2, 0.25) is 0 Å². The van der Waals surface area contributed by atoms with Crippen LogP contribution in [-0.4, -0.2) is 21.7 Å². The van der Waals surface area contributed by atoms with E-state index in [0.29, 0.717) is 6.54 Å². The SMILES string of the molecule is COc1ccc(CNc2ccnc3c(-c4ccccc4)cnn23)cc1. The number of anilines is 1. The van der Waals surface area contributed by atoms with E-state index in [4.69, 9.17) is 4.74 Å². The monoisotopic (exact) mass is 330 g/mol. The van der Waals surface area contributed by atoms with E-state index in [1.54, 1.807) is 13.3 Å². The Balaban J connectivity index is 1.61. The van der Waals surface area contributed by atoms with Crippen molar-refractivity contribution >= 4 is 11.5 Å². The third-order valence-electron chi connectivity index (χ3n) is 4.12. The lowest BCUT2D eigenvalue weighted by atomic mass is 10.1. The second-order valence-corrected chi connectivity index (χ2v) is 5.69. The minimum absolute atomic E-state index is 0.698. The maximum absolute atomic E-state index is 5.19. The van der Waals surface area contributed by atoms with Crippen molar-refractivity contribution in [3.63, 3.8) is 0 Å². The molecule has 4 aromatic rings. The number of nitrogens with one attached hydrogen (secondary N) is 1. The van der Waals surface area contributed by atoms with Crippen molar-refractivity contribution in [2.45, 2.75) is 6.54 Å². The summed E-state index contributed by atoms with van der Waals surface area (Å²) in [6.45, 7) is 0.698. The number of fused-ring (bicyclic) bond motifs is 1.